The topological polar surface area (TPSA) is 41.6 Å². The summed E-state index contributed by atoms with van der Waals surface area (Å²) in [5, 5.41) is 3.43. The van der Waals surface area contributed by atoms with Crippen molar-refractivity contribution in [2.45, 2.75) is 51.6 Å². The summed E-state index contributed by atoms with van der Waals surface area (Å²) in [7, 11) is 0. The van der Waals surface area contributed by atoms with Gasteiger partial charge in [0.25, 0.3) is 0 Å². The molecule has 2 fully saturated rings. The number of ether oxygens (including phenoxy) is 1. The van der Waals surface area contributed by atoms with Crippen molar-refractivity contribution < 1.29 is 9.53 Å². The van der Waals surface area contributed by atoms with Crippen LogP contribution in [0.25, 0.3) is 0 Å². The molecule has 2 aliphatic rings. The second-order valence-corrected chi connectivity index (χ2v) is 7.65. The van der Waals surface area contributed by atoms with Gasteiger partial charge in [0, 0.05) is 26.1 Å². The van der Waals surface area contributed by atoms with Crippen LogP contribution in [0, 0.1) is 5.92 Å². The largest absolute Gasteiger partial charge is 0.490 e. The van der Waals surface area contributed by atoms with E-state index in [1.807, 2.05) is 0 Å². The quantitative estimate of drug-likeness (QED) is 0.825. The molecule has 25 heavy (non-hydrogen) atoms. The highest BCUT2D eigenvalue weighted by molar-refractivity contribution is 5.75. The zero-order valence-electron chi connectivity index (χ0n) is 15.5. The van der Waals surface area contributed by atoms with Crippen molar-refractivity contribution in [3.05, 3.63) is 29.8 Å². The Bertz CT molecular complexity index is 529. The Kier molecular flexibility index (Phi) is 6.88. The van der Waals surface area contributed by atoms with Gasteiger partial charge < -0.3 is 15.0 Å². The summed E-state index contributed by atoms with van der Waals surface area (Å²) >= 11 is 0. The third-order valence-electron chi connectivity index (χ3n) is 5.52. The molecule has 3 rings (SSSR count). The van der Waals surface area contributed by atoms with Crippen molar-refractivity contribution in [1.82, 2.24) is 10.2 Å². The molecule has 0 amide bonds. The monoisotopic (exact) mass is 344 g/mol. The van der Waals surface area contributed by atoms with E-state index in [4.69, 9.17) is 4.74 Å². The van der Waals surface area contributed by atoms with E-state index in [0.717, 1.165) is 57.2 Å². The predicted octanol–water partition coefficient (Wildman–Crippen LogP) is 3.05. The van der Waals surface area contributed by atoms with E-state index in [0.29, 0.717) is 12.5 Å². The second-order valence-electron chi connectivity index (χ2n) is 7.65. The zero-order chi connectivity index (χ0) is 17.5. The molecule has 0 aliphatic carbocycles. The molecule has 1 N–H and O–H groups in total. The summed E-state index contributed by atoms with van der Waals surface area (Å²) in [6, 6.07) is 8.75. The fourth-order valence-corrected chi connectivity index (χ4v) is 3.88. The summed E-state index contributed by atoms with van der Waals surface area (Å²) in [5.41, 5.74) is 1.43. The van der Waals surface area contributed by atoms with Crippen LogP contribution in [0.1, 0.15) is 44.6 Å². The molecule has 0 atom stereocenters. The standard InChI is InChI=1S/C21H32N2O2/c1-17(24)8-13-23-14-9-21(10-15-23)25-20-4-2-18(3-5-20)16-19-6-11-22-12-7-19/h2-5,19,21-22H,6-16H2,1H3. The van der Waals surface area contributed by atoms with Gasteiger partial charge in [-0.2, -0.15) is 0 Å². The predicted molar refractivity (Wildman–Crippen MR) is 101 cm³/mol. The fourth-order valence-electron chi connectivity index (χ4n) is 3.88. The van der Waals surface area contributed by atoms with Crippen LogP contribution in [0.15, 0.2) is 24.3 Å². The second kappa shape index (κ2) is 9.35. The summed E-state index contributed by atoms with van der Waals surface area (Å²) in [4.78, 5) is 13.5. The lowest BCUT2D eigenvalue weighted by Gasteiger charge is -2.32. The van der Waals surface area contributed by atoms with Gasteiger partial charge in [0.05, 0.1) is 0 Å². The number of ketones is 1. The van der Waals surface area contributed by atoms with E-state index in [1.54, 1.807) is 6.92 Å². The molecule has 4 heteroatoms. The molecule has 2 heterocycles. The van der Waals surface area contributed by atoms with Crippen LogP contribution in [-0.4, -0.2) is 49.5 Å². The molecule has 0 radical (unpaired) electrons. The summed E-state index contributed by atoms with van der Waals surface area (Å²) in [6.45, 7) is 6.96. The van der Waals surface area contributed by atoms with Crippen LogP contribution >= 0.6 is 0 Å². The third-order valence-corrected chi connectivity index (χ3v) is 5.52. The van der Waals surface area contributed by atoms with E-state index < -0.39 is 0 Å². The van der Waals surface area contributed by atoms with Crippen LogP contribution < -0.4 is 10.1 Å². The summed E-state index contributed by atoms with van der Waals surface area (Å²) in [6.07, 6.45) is 6.86. The van der Waals surface area contributed by atoms with Gasteiger partial charge in [-0.1, -0.05) is 12.1 Å². The number of hydrogen-bond acceptors (Lipinski definition) is 4. The Balaban J connectivity index is 1.40. The van der Waals surface area contributed by atoms with Gasteiger partial charge in [0.2, 0.25) is 0 Å². The molecule has 2 saturated heterocycles. The van der Waals surface area contributed by atoms with Gasteiger partial charge in [-0.15, -0.1) is 0 Å². The maximum absolute atomic E-state index is 11.1. The number of hydrogen-bond donors (Lipinski definition) is 1. The lowest BCUT2D eigenvalue weighted by Crippen LogP contribution is -2.39. The number of likely N-dealkylation sites (tertiary alicyclic amines) is 1. The lowest BCUT2D eigenvalue weighted by atomic mass is 9.91. The van der Waals surface area contributed by atoms with E-state index in [-0.39, 0.29) is 5.78 Å². The minimum absolute atomic E-state index is 0.281. The molecule has 0 bridgehead atoms. The minimum atomic E-state index is 0.281. The van der Waals surface area contributed by atoms with E-state index in [9.17, 15) is 4.79 Å². The van der Waals surface area contributed by atoms with Crippen LogP contribution in [0.3, 0.4) is 0 Å². The number of benzene rings is 1. The molecule has 4 nitrogen and oxygen atoms in total. The first-order valence-corrected chi connectivity index (χ1v) is 9.87. The van der Waals surface area contributed by atoms with Crippen molar-refractivity contribution >= 4 is 5.78 Å². The van der Waals surface area contributed by atoms with Gasteiger partial charge in [-0.3, -0.25) is 4.79 Å². The number of carbonyl (C=O) groups excluding carboxylic acids is 1. The van der Waals surface area contributed by atoms with Crippen LogP contribution in [-0.2, 0) is 11.2 Å². The smallest absolute Gasteiger partial charge is 0.131 e. The zero-order valence-corrected chi connectivity index (χ0v) is 15.5. The van der Waals surface area contributed by atoms with Crippen molar-refractivity contribution in [2.75, 3.05) is 32.7 Å². The normalized spacial score (nSPS) is 20.5. The Morgan fingerprint density at radius 1 is 1.12 bits per heavy atom. The molecular weight excluding hydrogens is 312 g/mol. The average Bonchev–Trinajstić information content (AvgIpc) is 2.64. The summed E-state index contributed by atoms with van der Waals surface area (Å²) < 4.78 is 6.17. The van der Waals surface area contributed by atoms with E-state index in [1.165, 1.54) is 24.8 Å². The van der Waals surface area contributed by atoms with Gasteiger partial charge in [-0.25, -0.2) is 0 Å². The Labute approximate surface area is 151 Å². The molecule has 1 aromatic carbocycles. The molecule has 0 spiro atoms. The van der Waals surface area contributed by atoms with Gasteiger partial charge in [0.15, 0.2) is 0 Å². The number of Topliss-reactive ketones (excluding diaryl/α,β-unsaturated/α-hetero) is 1. The Morgan fingerprint density at radius 2 is 1.80 bits per heavy atom. The number of nitrogens with one attached hydrogen (secondary N) is 1. The lowest BCUT2D eigenvalue weighted by molar-refractivity contribution is -0.117. The van der Waals surface area contributed by atoms with Crippen molar-refractivity contribution in [3.63, 3.8) is 0 Å². The molecule has 2 aliphatic heterocycles. The van der Waals surface area contributed by atoms with Crippen LogP contribution in [0.5, 0.6) is 5.75 Å². The number of piperidine rings is 2. The van der Waals surface area contributed by atoms with Gasteiger partial charge in [-0.05, 0) is 75.7 Å². The SMILES string of the molecule is CC(=O)CCN1CCC(Oc2ccc(CC3CCNCC3)cc2)CC1. The van der Waals surface area contributed by atoms with Gasteiger partial charge >= 0.3 is 0 Å². The highest BCUT2D eigenvalue weighted by Crippen LogP contribution is 2.22. The molecule has 0 unspecified atom stereocenters. The molecule has 1 aromatic rings. The molecular formula is C21H32N2O2. The van der Waals surface area contributed by atoms with Crippen LogP contribution in [0.2, 0.25) is 0 Å². The Hall–Kier alpha value is -1.39. The molecule has 0 saturated carbocycles. The van der Waals surface area contributed by atoms with Crippen molar-refractivity contribution in [3.8, 4) is 5.75 Å². The first-order chi connectivity index (χ1) is 12.2. The minimum Gasteiger partial charge on any atom is -0.490 e. The van der Waals surface area contributed by atoms with Crippen LogP contribution in [0.4, 0.5) is 0 Å². The third kappa shape index (κ3) is 6.12. The number of nitrogens with zero attached hydrogens (tertiary/aromatic N) is 1. The van der Waals surface area contributed by atoms with Crippen molar-refractivity contribution in [2.24, 2.45) is 5.92 Å². The first kappa shape index (κ1) is 18.4. The Morgan fingerprint density at radius 3 is 2.44 bits per heavy atom. The van der Waals surface area contributed by atoms with E-state index >= 15 is 0 Å². The molecule has 0 aromatic heterocycles. The number of carbonyl (C=O) groups is 1. The molecule has 138 valence electrons. The van der Waals surface area contributed by atoms with Gasteiger partial charge in [0.1, 0.15) is 17.6 Å². The average molecular weight is 344 g/mol. The van der Waals surface area contributed by atoms with Crippen molar-refractivity contribution in [1.29, 1.82) is 0 Å². The number of rotatable bonds is 7. The maximum atomic E-state index is 11.1. The highest BCUT2D eigenvalue weighted by atomic mass is 16.5. The highest BCUT2D eigenvalue weighted by Gasteiger charge is 2.20. The fraction of sp³-hybridized carbons (Fsp3) is 0.667. The summed E-state index contributed by atoms with van der Waals surface area (Å²) in [5.74, 6) is 2.10. The first-order valence-electron chi connectivity index (χ1n) is 9.87. The van der Waals surface area contributed by atoms with E-state index in [2.05, 4.69) is 34.5 Å². The maximum Gasteiger partial charge on any atom is 0.131 e.